The normalized spacial score (nSPS) is 12.5. The lowest BCUT2D eigenvalue weighted by molar-refractivity contribution is -0.117. The second-order valence-corrected chi connectivity index (χ2v) is 9.08. The van der Waals surface area contributed by atoms with Crippen LogP contribution >= 0.6 is 22.9 Å². The second-order valence-electron chi connectivity index (χ2n) is 7.82. The van der Waals surface area contributed by atoms with E-state index in [1.165, 1.54) is 17.4 Å². The Balaban J connectivity index is 2.07. The van der Waals surface area contributed by atoms with Gasteiger partial charge in [-0.2, -0.15) is 0 Å². The smallest absolute Gasteiger partial charge is 0.259 e. The van der Waals surface area contributed by atoms with Gasteiger partial charge >= 0.3 is 0 Å². The van der Waals surface area contributed by atoms with Crippen LogP contribution in [0.25, 0.3) is 0 Å². The van der Waals surface area contributed by atoms with Crippen LogP contribution in [-0.2, 0) is 10.2 Å². The standard InChI is InChI=1S/C20H28ClN5O2S/c1-20(2,3)16-11-29-19(25-16)26-17(27)13-10-12(7-8-14(13)21)24-18(28)15(23)6-4-5-9-22/h7-8,10-11,15H,4-6,9,22-23H2,1-3H3,(H,24,28)(H,25,26,27)/t15-/m1/s1. The number of anilines is 2. The Kier molecular flexibility index (Phi) is 8.15. The van der Waals surface area contributed by atoms with Gasteiger partial charge in [0.15, 0.2) is 5.13 Å². The summed E-state index contributed by atoms with van der Waals surface area (Å²) >= 11 is 7.54. The first-order valence-corrected chi connectivity index (χ1v) is 10.7. The highest BCUT2D eigenvalue weighted by Crippen LogP contribution is 2.27. The number of nitrogens with two attached hydrogens (primary N) is 2. The van der Waals surface area contributed by atoms with E-state index in [0.29, 0.717) is 23.8 Å². The van der Waals surface area contributed by atoms with E-state index in [2.05, 4.69) is 36.4 Å². The van der Waals surface area contributed by atoms with E-state index < -0.39 is 11.9 Å². The van der Waals surface area contributed by atoms with Gasteiger partial charge in [0.1, 0.15) is 0 Å². The van der Waals surface area contributed by atoms with Crippen molar-refractivity contribution in [1.82, 2.24) is 4.98 Å². The molecule has 0 aliphatic carbocycles. The Hall–Kier alpha value is -2.00. The number of rotatable bonds is 8. The number of carbonyl (C=O) groups is 2. The number of nitrogens with one attached hydrogen (secondary N) is 2. The fourth-order valence-corrected chi connectivity index (χ4v) is 3.63. The zero-order valence-electron chi connectivity index (χ0n) is 16.9. The molecule has 0 unspecified atom stereocenters. The molecule has 0 spiro atoms. The Morgan fingerprint density at radius 2 is 1.97 bits per heavy atom. The average Bonchev–Trinajstić information content (AvgIpc) is 3.12. The van der Waals surface area contributed by atoms with Crippen LogP contribution in [0.3, 0.4) is 0 Å². The minimum atomic E-state index is -0.638. The van der Waals surface area contributed by atoms with Crippen molar-refractivity contribution in [3.05, 3.63) is 39.9 Å². The summed E-state index contributed by atoms with van der Waals surface area (Å²) in [7, 11) is 0. The van der Waals surface area contributed by atoms with E-state index in [-0.39, 0.29) is 21.9 Å². The van der Waals surface area contributed by atoms with Gasteiger partial charge in [-0.3, -0.25) is 14.9 Å². The number of thiazole rings is 1. The van der Waals surface area contributed by atoms with Gasteiger partial charge in [0, 0.05) is 16.5 Å². The fraction of sp³-hybridized carbons (Fsp3) is 0.450. The van der Waals surface area contributed by atoms with E-state index >= 15 is 0 Å². The predicted octanol–water partition coefficient (Wildman–Crippen LogP) is 3.74. The van der Waals surface area contributed by atoms with Gasteiger partial charge in [-0.25, -0.2) is 4.98 Å². The number of hydrogen-bond donors (Lipinski definition) is 4. The van der Waals surface area contributed by atoms with Crippen molar-refractivity contribution in [2.75, 3.05) is 17.2 Å². The minimum absolute atomic E-state index is 0.107. The summed E-state index contributed by atoms with van der Waals surface area (Å²) in [6.07, 6.45) is 2.15. The number of carbonyl (C=O) groups excluding carboxylic acids is 2. The second kappa shape index (κ2) is 10.2. The largest absolute Gasteiger partial charge is 0.330 e. The van der Waals surface area contributed by atoms with Crippen LogP contribution in [0.1, 0.15) is 56.1 Å². The summed E-state index contributed by atoms with van der Waals surface area (Å²) in [4.78, 5) is 29.4. The quantitative estimate of drug-likeness (QED) is 0.468. The molecular weight excluding hydrogens is 410 g/mol. The first-order chi connectivity index (χ1) is 13.6. The Labute approximate surface area is 180 Å². The highest BCUT2D eigenvalue weighted by atomic mass is 35.5. The SMILES string of the molecule is CC(C)(C)c1csc(NC(=O)c2cc(NC(=O)[C@H](N)CCCCN)ccc2Cl)n1. The number of halogens is 1. The first kappa shape index (κ1) is 23.3. The summed E-state index contributed by atoms with van der Waals surface area (Å²) in [5, 5.41) is 8.18. The van der Waals surface area contributed by atoms with Gasteiger partial charge in [-0.15, -0.1) is 11.3 Å². The number of aromatic nitrogens is 1. The third kappa shape index (κ3) is 6.78. The Bertz CT molecular complexity index is 863. The third-order valence-corrected chi connectivity index (χ3v) is 5.36. The number of amides is 2. The van der Waals surface area contributed by atoms with Crippen LogP contribution in [0.15, 0.2) is 23.6 Å². The molecule has 0 saturated heterocycles. The zero-order chi connectivity index (χ0) is 21.6. The van der Waals surface area contributed by atoms with Crippen molar-refractivity contribution in [1.29, 1.82) is 0 Å². The minimum Gasteiger partial charge on any atom is -0.330 e. The molecule has 29 heavy (non-hydrogen) atoms. The van der Waals surface area contributed by atoms with Crippen molar-refractivity contribution < 1.29 is 9.59 Å². The molecule has 6 N–H and O–H groups in total. The van der Waals surface area contributed by atoms with Crippen LogP contribution in [-0.4, -0.2) is 29.4 Å². The van der Waals surface area contributed by atoms with E-state index in [4.69, 9.17) is 23.1 Å². The van der Waals surface area contributed by atoms with E-state index in [0.717, 1.165) is 18.5 Å². The summed E-state index contributed by atoms with van der Waals surface area (Å²) in [5.41, 5.74) is 12.8. The van der Waals surface area contributed by atoms with Gasteiger partial charge in [-0.05, 0) is 37.6 Å². The maximum absolute atomic E-state index is 12.7. The molecule has 2 amide bonds. The molecule has 0 aliphatic rings. The molecule has 158 valence electrons. The van der Waals surface area contributed by atoms with Crippen molar-refractivity contribution >= 4 is 45.6 Å². The van der Waals surface area contributed by atoms with Gasteiger partial charge < -0.3 is 16.8 Å². The molecule has 1 aromatic heterocycles. The van der Waals surface area contributed by atoms with E-state index in [1.807, 2.05) is 5.38 Å². The molecule has 1 heterocycles. The molecule has 9 heteroatoms. The van der Waals surface area contributed by atoms with Crippen LogP contribution in [0.5, 0.6) is 0 Å². The van der Waals surface area contributed by atoms with Gasteiger partial charge in [0.05, 0.1) is 22.3 Å². The molecular formula is C20H28ClN5O2S. The number of nitrogens with zero attached hydrogens (tertiary/aromatic N) is 1. The predicted molar refractivity (Wildman–Crippen MR) is 120 cm³/mol. The fourth-order valence-electron chi connectivity index (χ4n) is 2.49. The first-order valence-electron chi connectivity index (χ1n) is 9.45. The Morgan fingerprint density at radius 3 is 2.59 bits per heavy atom. The topological polar surface area (TPSA) is 123 Å². The lowest BCUT2D eigenvalue weighted by Crippen LogP contribution is -2.35. The summed E-state index contributed by atoms with van der Waals surface area (Å²) in [5.74, 6) is -0.710. The molecule has 1 aromatic carbocycles. The van der Waals surface area contributed by atoms with Crippen LogP contribution in [0, 0.1) is 0 Å². The molecule has 0 bridgehead atoms. The molecule has 2 rings (SSSR count). The summed E-state index contributed by atoms with van der Waals surface area (Å²) in [6.45, 7) is 6.73. The Morgan fingerprint density at radius 1 is 1.24 bits per heavy atom. The van der Waals surface area contributed by atoms with Gasteiger partial charge in [0.2, 0.25) is 5.91 Å². The highest BCUT2D eigenvalue weighted by molar-refractivity contribution is 7.14. The van der Waals surface area contributed by atoms with Gasteiger partial charge in [0.25, 0.3) is 5.91 Å². The lowest BCUT2D eigenvalue weighted by atomic mass is 9.93. The van der Waals surface area contributed by atoms with Gasteiger partial charge in [-0.1, -0.05) is 38.8 Å². The number of benzene rings is 1. The van der Waals surface area contributed by atoms with E-state index in [1.54, 1.807) is 12.1 Å². The maximum Gasteiger partial charge on any atom is 0.259 e. The van der Waals surface area contributed by atoms with Crippen molar-refractivity contribution in [3.8, 4) is 0 Å². The molecule has 7 nitrogen and oxygen atoms in total. The van der Waals surface area contributed by atoms with Crippen LogP contribution < -0.4 is 22.1 Å². The molecule has 0 radical (unpaired) electrons. The van der Waals surface area contributed by atoms with Crippen LogP contribution in [0.4, 0.5) is 10.8 Å². The zero-order valence-corrected chi connectivity index (χ0v) is 18.5. The molecule has 1 atom stereocenters. The molecule has 0 saturated carbocycles. The third-order valence-electron chi connectivity index (χ3n) is 4.28. The van der Waals surface area contributed by atoms with E-state index in [9.17, 15) is 9.59 Å². The van der Waals surface area contributed by atoms with Crippen molar-refractivity contribution in [2.45, 2.75) is 51.5 Å². The summed E-state index contributed by atoms with van der Waals surface area (Å²) < 4.78 is 0. The van der Waals surface area contributed by atoms with Crippen molar-refractivity contribution in [2.24, 2.45) is 11.5 Å². The maximum atomic E-state index is 12.7. The molecule has 2 aromatic rings. The number of unbranched alkanes of at least 4 members (excludes halogenated alkanes) is 1. The average molecular weight is 438 g/mol. The molecule has 0 aliphatic heterocycles. The highest BCUT2D eigenvalue weighted by Gasteiger charge is 2.20. The van der Waals surface area contributed by atoms with Crippen molar-refractivity contribution in [3.63, 3.8) is 0 Å². The monoisotopic (exact) mass is 437 g/mol. The summed E-state index contributed by atoms with van der Waals surface area (Å²) in [6, 6.07) is 4.08. The molecule has 0 fully saturated rings. The van der Waals surface area contributed by atoms with Crippen LogP contribution in [0.2, 0.25) is 5.02 Å². The number of hydrogen-bond acceptors (Lipinski definition) is 6. The lowest BCUT2D eigenvalue weighted by Gasteiger charge is -2.14.